The van der Waals surface area contributed by atoms with Crippen molar-refractivity contribution in [2.75, 3.05) is 13.7 Å². The lowest BCUT2D eigenvalue weighted by Gasteiger charge is -2.07. The summed E-state index contributed by atoms with van der Waals surface area (Å²) in [5.74, 6) is 1.66. The monoisotopic (exact) mass is 338 g/mol. The van der Waals surface area contributed by atoms with E-state index >= 15 is 0 Å². The van der Waals surface area contributed by atoms with Crippen molar-refractivity contribution in [3.05, 3.63) is 40.4 Å². The second-order valence-corrected chi connectivity index (χ2v) is 5.35. The van der Waals surface area contributed by atoms with Crippen LogP contribution in [0.4, 0.5) is 0 Å². The summed E-state index contributed by atoms with van der Waals surface area (Å²) in [5, 5.41) is 7.75. The zero-order valence-corrected chi connectivity index (χ0v) is 13.4. The van der Waals surface area contributed by atoms with Gasteiger partial charge in [-0.15, -0.1) is 0 Å². The molecule has 0 saturated carbocycles. The predicted octanol–water partition coefficient (Wildman–Crippen LogP) is 2.60. The molecule has 0 spiro atoms. The van der Waals surface area contributed by atoms with Crippen LogP contribution in [-0.2, 0) is 13.1 Å². The van der Waals surface area contributed by atoms with Gasteiger partial charge in [0, 0.05) is 4.47 Å². The summed E-state index contributed by atoms with van der Waals surface area (Å²) in [7, 11) is 1.67. The third kappa shape index (κ3) is 4.05. The number of benzene rings is 1. The van der Waals surface area contributed by atoms with Gasteiger partial charge in [-0.1, -0.05) is 22.9 Å². The van der Waals surface area contributed by atoms with Crippen LogP contribution in [0.25, 0.3) is 0 Å². The third-order valence-corrected chi connectivity index (χ3v) is 3.65. The highest BCUT2D eigenvalue weighted by atomic mass is 79.9. The molecule has 5 nitrogen and oxygen atoms in total. The minimum Gasteiger partial charge on any atom is -0.497 e. The molecule has 0 bridgehead atoms. The Labute approximate surface area is 127 Å². The number of nitrogens with one attached hydrogen (secondary N) is 1. The number of ether oxygens (including phenoxy) is 1. The van der Waals surface area contributed by atoms with Crippen LogP contribution in [-0.4, -0.2) is 28.4 Å². The van der Waals surface area contributed by atoms with Gasteiger partial charge in [0.15, 0.2) is 5.82 Å². The van der Waals surface area contributed by atoms with E-state index in [1.54, 1.807) is 13.4 Å². The van der Waals surface area contributed by atoms with E-state index in [1.165, 1.54) is 0 Å². The number of aromatic nitrogens is 3. The van der Waals surface area contributed by atoms with E-state index in [-0.39, 0.29) is 0 Å². The van der Waals surface area contributed by atoms with E-state index in [9.17, 15) is 0 Å². The molecule has 0 aliphatic rings. The maximum Gasteiger partial charge on any atom is 0.164 e. The molecule has 1 aromatic carbocycles. The summed E-state index contributed by atoms with van der Waals surface area (Å²) in [6, 6.07) is 5.91. The molecule has 2 aromatic rings. The molecule has 0 aliphatic carbocycles. The molecule has 0 aliphatic heterocycles. The first-order valence-electron chi connectivity index (χ1n) is 6.64. The summed E-state index contributed by atoms with van der Waals surface area (Å²) in [6.45, 7) is 4.49. The fraction of sp³-hybridized carbons (Fsp3) is 0.429. The molecule has 1 heterocycles. The molecule has 0 radical (unpaired) electrons. The number of hydrogen-bond acceptors (Lipinski definition) is 4. The van der Waals surface area contributed by atoms with Gasteiger partial charge in [0.25, 0.3) is 0 Å². The number of hydrogen-bond donors (Lipinski definition) is 1. The van der Waals surface area contributed by atoms with Crippen molar-refractivity contribution in [1.29, 1.82) is 0 Å². The zero-order valence-electron chi connectivity index (χ0n) is 11.8. The summed E-state index contributed by atoms with van der Waals surface area (Å²) in [5.41, 5.74) is 1.11. The van der Waals surface area contributed by atoms with Gasteiger partial charge in [0.05, 0.1) is 20.2 Å². The van der Waals surface area contributed by atoms with Crippen LogP contribution in [0.2, 0.25) is 0 Å². The molecule has 2 rings (SSSR count). The Bertz CT molecular complexity index is 556. The van der Waals surface area contributed by atoms with Crippen molar-refractivity contribution in [3.63, 3.8) is 0 Å². The van der Waals surface area contributed by atoms with Gasteiger partial charge in [-0.2, -0.15) is 5.10 Å². The molecule has 6 heteroatoms. The average molecular weight is 339 g/mol. The minimum absolute atomic E-state index is 0.665. The largest absolute Gasteiger partial charge is 0.497 e. The number of nitrogens with zero attached hydrogens (tertiary/aromatic N) is 3. The molecule has 20 heavy (non-hydrogen) atoms. The van der Waals surface area contributed by atoms with E-state index in [4.69, 9.17) is 4.74 Å². The van der Waals surface area contributed by atoms with E-state index in [2.05, 4.69) is 38.3 Å². The fourth-order valence-corrected chi connectivity index (χ4v) is 2.21. The van der Waals surface area contributed by atoms with Crippen LogP contribution in [0.15, 0.2) is 29.0 Å². The van der Waals surface area contributed by atoms with E-state index in [1.807, 2.05) is 22.9 Å². The molecule has 0 fully saturated rings. The van der Waals surface area contributed by atoms with Gasteiger partial charge in [-0.25, -0.2) is 9.67 Å². The highest BCUT2D eigenvalue weighted by Gasteiger charge is 2.05. The maximum absolute atomic E-state index is 5.24. The Morgan fingerprint density at radius 2 is 2.25 bits per heavy atom. The van der Waals surface area contributed by atoms with Crippen molar-refractivity contribution in [1.82, 2.24) is 20.1 Å². The summed E-state index contributed by atoms with van der Waals surface area (Å²) in [6.07, 6.45) is 2.87. The van der Waals surface area contributed by atoms with Crippen LogP contribution in [0.3, 0.4) is 0 Å². The van der Waals surface area contributed by atoms with Gasteiger partial charge in [0.1, 0.15) is 12.1 Å². The number of methoxy groups -OCH3 is 1. The third-order valence-electron chi connectivity index (χ3n) is 2.88. The fourth-order valence-electron chi connectivity index (χ4n) is 1.84. The topological polar surface area (TPSA) is 52.0 Å². The molecule has 0 atom stereocenters. The predicted molar refractivity (Wildman–Crippen MR) is 81.8 cm³/mol. The first kappa shape index (κ1) is 15.0. The first-order valence-corrected chi connectivity index (χ1v) is 7.43. The summed E-state index contributed by atoms with van der Waals surface area (Å²) < 4.78 is 8.12. The normalized spacial score (nSPS) is 10.8. The Kier molecular flexibility index (Phi) is 5.55. The van der Waals surface area contributed by atoms with E-state index in [0.29, 0.717) is 13.1 Å². The quantitative estimate of drug-likeness (QED) is 0.788. The Morgan fingerprint density at radius 1 is 1.40 bits per heavy atom. The molecule has 108 valence electrons. The Morgan fingerprint density at radius 3 is 3.00 bits per heavy atom. The molecule has 0 saturated heterocycles. The Hall–Kier alpha value is -1.40. The number of rotatable bonds is 7. The maximum atomic E-state index is 5.24. The van der Waals surface area contributed by atoms with Crippen LogP contribution < -0.4 is 10.1 Å². The standard InChI is InChI=1S/C14H19BrN4O/c1-3-6-16-8-14-17-10-19(18-14)9-11-7-12(20-2)4-5-13(11)15/h4-5,7,10,16H,3,6,8-9H2,1-2H3. The van der Waals surface area contributed by atoms with Gasteiger partial charge >= 0.3 is 0 Å². The smallest absolute Gasteiger partial charge is 0.164 e. The van der Waals surface area contributed by atoms with Crippen molar-refractivity contribution in [2.24, 2.45) is 0 Å². The van der Waals surface area contributed by atoms with Crippen molar-refractivity contribution in [3.8, 4) is 5.75 Å². The number of halogens is 1. The van der Waals surface area contributed by atoms with Gasteiger partial charge < -0.3 is 10.1 Å². The first-order chi connectivity index (χ1) is 9.72. The SMILES string of the molecule is CCCNCc1ncn(Cc2cc(OC)ccc2Br)n1. The average Bonchev–Trinajstić information content (AvgIpc) is 2.89. The molecule has 1 aromatic heterocycles. The highest BCUT2D eigenvalue weighted by Crippen LogP contribution is 2.23. The molecular weight excluding hydrogens is 320 g/mol. The zero-order chi connectivity index (χ0) is 14.4. The summed E-state index contributed by atoms with van der Waals surface area (Å²) >= 11 is 3.55. The van der Waals surface area contributed by atoms with Gasteiger partial charge in [-0.05, 0) is 36.7 Å². The van der Waals surface area contributed by atoms with Crippen molar-refractivity contribution < 1.29 is 4.74 Å². The lowest BCUT2D eigenvalue weighted by molar-refractivity contribution is 0.414. The Balaban J connectivity index is 2.03. The van der Waals surface area contributed by atoms with Crippen LogP contribution >= 0.6 is 15.9 Å². The van der Waals surface area contributed by atoms with E-state index in [0.717, 1.165) is 34.6 Å². The second-order valence-electron chi connectivity index (χ2n) is 4.49. The van der Waals surface area contributed by atoms with Gasteiger partial charge in [-0.3, -0.25) is 0 Å². The lowest BCUT2D eigenvalue weighted by atomic mass is 10.2. The van der Waals surface area contributed by atoms with Crippen LogP contribution in [0.1, 0.15) is 24.7 Å². The molecular formula is C14H19BrN4O. The molecule has 1 N–H and O–H groups in total. The molecule has 0 amide bonds. The second kappa shape index (κ2) is 7.40. The van der Waals surface area contributed by atoms with Gasteiger partial charge in [0.2, 0.25) is 0 Å². The van der Waals surface area contributed by atoms with Crippen molar-refractivity contribution in [2.45, 2.75) is 26.4 Å². The minimum atomic E-state index is 0.665. The highest BCUT2D eigenvalue weighted by molar-refractivity contribution is 9.10. The molecule has 0 unspecified atom stereocenters. The van der Waals surface area contributed by atoms with E-state index < -0.39 is 0 Å². The summed E-state index contributed by atoms with van der Waals surface area (Å²) in [4.78, 5) is 4.30. The van der Waals surface area contributed by atoms with Crippen LogP contribution in [0.5, 0.6) is 5.75 Å². The van der Waals surface area contributed by atoms with Crippen molar-refractivity contribution >= 4 is 15.9 Å². The lowest BCUT2D eigenvalue weighted by Crippen LogP contribution is -2.15. The van der Waals surface area contributed by atoms with Crippen LogP contribution in [0, 0.1) is 0 Å².